The predicted octanol–water partition coefficient (Wildman–Crippen LogP) is 0.864. The van der Waals surface area contributed by atoms with Crippen LogP contribution in [0.5, 0.6) is 0 Å². The molecule has 0 saturated carbocycles. The van der Waals surface area contributed by atoms with E-state index in [-0.39, 0.29) is 0 Å². The van der Waals surface area contributed by atoms with E-state index in [1.54, 1.807) is 13.3 Å². The molecule has 0 unspecified atom stereocenters. The molecule has 50 valence electrons. The Hall–Kier alpha value is -0.830. The van der Waals surface area contributed by atoms with Gasteiger partial charge < -0.3 is 9.26 Å². The number of aromatic nitrogens is 1. The van der Waals surface area contributed by atoms with Crippen molar-refractivity contribution >= 4 is 0 Å². The highest BCUT2D eigenvalue weighted by Crippen LogP contribution is 1.96. The number of ether oxygens (including phenoxy) is 1. The van der Waals surface area contributed by atoms with E-state index >= 15 is 0 Å². The lowest BCUT2D eigenvalue weighted by molar-refractivity contribution is 0.193. The number of hydrogen-bond donors (Lipinski definition) is 0. The molecule has 0 saturated heterocycles. The summed E-state index contributed by atoms with van der Waals surface area (Å²) in [5.41, 5.74) is 0. The van der Waals surface area contributed by atoms with Crippen LogP contribution < -0.4 is 0 Å². The van der Waals surface area contributed by atoms with Gasteiger partial charge in [0.25, 0.3) is 0 Å². The Morgan fingerprint density at radius 2 is 2.67 bits per heavy atom. The van der Waals surface area contributed by atoms with Gasteiger partial charge in [0.1, 0.15) is 5.76 Å². The molecular formula is C6H9NO2. The molecule has 1 rings (SSSR count). The van der Waals surface area contributed by atoms with Crippen molar-refractivity contribution in [1.29, 1.82) is 0 Å². The van der Waals surface area contributed by atoms with Crippen LogP contribution in [0.25, 0.3) is 0 Å². The maximum absolute atomic E-state index is 4.83. The second kappa shape index (κ2) is 3.25. The van der Waals surface area contributed by atoms with Crippen LogP contribution >= 0.6 is 0 Å². The molecule has 0 aliphatic carbocycles. The minimum Gasteiger partial charge on any atom is -0.384 e. The Morgan fingerprint density at radius 1 is 1.78 bits per heavy atom. The van der Waals surface area contributed by atoms with Gasteiger partial charge in [-0.15, -0.1) is 0 Å². The molecule has 0 radical (unpaired) electrons. The summed E-state index contributed by atoms with van der Waals surface area (Å²) in [6, 6.07) is 1.83. The molecule has 3 nitrogen and oxygen atoms in total. The number of hydrogen-bond acceptors (Lipinski definition) is 3. The van der Waals surface area contributed by atoms with Crippen LogP contribution in [0.4, 0.5) is 0 Å². The van der Waals surface area contributed by atoms with E-state index in [0.717, 1.165) is 12.2 Å². The molecule has 0 amide bonds. The second-order valence-electron chi connectivity index (χ2n) is 1.72. The van der Waals surface area contributed by atoms with Crippen molar-refractivity contribution in [1.82, 2.24) is 5.16 Å². The first-order chi connectivity index (χ1) is 4.43. The normalized spacial score (nSPS) is 9.89. The Bertz CT molecular complexity index is 148. The van der Waals surface area contributed by atoms with Gasteiger partial charge in [0.05, 0.1) is 12.8 Å². The third kappa shape index (κ3) is 1.85. The molecule has 1 aromatic rings. The average Bonchev–Trinajstić information content (AvgIpc) is 2.34. The Balaban J connectivity index is 2.30. The molecule has 0 aliphatic rings. The SMILES string of the molecule is COCCc1ccno1. The fourth-order valence-electron chi connectivity index (χ4n) is 0.574. The van der Waals surface area contributed by atoms with E-state index in [4.69, 9.17) is 9.26 Å². The molecule has 0 bridgehead atoms. The lowest BCUT2D eigenvalue weighted by Gasteiger charge is -1.90. The molecule has 3 heteroatoms. The van der Waals surface area contributed by atoms with Gasteiger partial charge in [-0.25, -0.2) is 0 Å². The van der Waals surface area contributed by atoms with Crippen molar-refractivity contribution in [2.24, 2.45) is 0 Å². The van der Waals surface area contributed by atoms with Crippen molar-refractivity contribution in [2.45, 2.75) is 6.42 Å². The minimum atomic E-state index is 0.690. The van der Waals surface area contributed by atoms with Gasteiger partial charge in [-0.2, -0.15) is 0 Å². The fraction of sp³-hybridized carbons (Fsp3) is 0.500. The van der Waals surface area contributed by atoms with E-state index in [1.165, 1.54) is 0 Å². The van der Waals surface area contributed by atoms with Gasteiger partial charge in [0, 0.05) is 19.6 Å². The third-order valence-electron chi connectivity index (χ3n) is 1.04. The zero-order chi connectivity index (χ0) is 6.53. The first kappa shape index (κ1) is 6.29. The van der Waals surface area contributed by atoms with Crippen LogP contribution in [0.2, 0.25) is 0 Å². The van der Waals surface area contributed by atoms with E-state index < -0.39 is 0 Å². The zero-order valence-electron chi connectivity index (χ0n) is 5.33. The van der Waals surface area contributed by atoms with Gasteiger partial charge in [-0.05, 0) is 0 Å². The highest BCUT2D eigenvalue weighted by atomic mass is 16.5. The number of methoxy groups -OCH3 is 1. The van der Waals surface area contributed by atoms with Gasteiger partial charge in [0.15, 0.2) is 0 Å². The van der Waals surface area contributed by atoms with Crippen molar-refractivity contribution in [3.63, 3.8) is 0 Å². The summed E-state index contributed by atoms with van der Waals surface area (Å²) >= 11 is 0. The van der Waals surface area contributed by atoms with E-state index in [9.17, 15) is 0 Å². The van der Waals surface area contributed by atoms with Crippen molar-refractivity contribution in [2.75, 3.05) is 13.7 Å². The molecule has 0 aliphatic heterocycles. The van der Waals surface area contributed by atoms with Crippen LogP contribution in [0, 0.1) is 0 Å². The summed E-state index contributed by atoms with van der Waals surface area (Å²) in [6.45, 7) is 0.690. The summed E-state index contributed by atoms with van der Waals surface area (Å²) in [7, 11) is 1.66. The Labute approximate surface area is 53.6 Å². The minimum absolute atomic E-state index is 0.690. The first-order valence-corrected chi connectivity index (χ1v) is 2.82. The van der Waals surface area contributed by atoms with E-state index in [1.807, 2.05) is 6.07 Å². The van der Waals surface area contributed by atoms with Crippen LogP contribution in [-0.4, -0.2) is 18.9 Å². The van der Waals surface area contributed by atoms with Crippen LogP contribution in [0.15, 0.2) is 16.8 Å². The molecule has 1 heterocycles. The summed E-state index contributed by atoms with van der Waals surface area (Å²) in [4.78, 5) is 0. The van der Waals surface area contributed by atoms with E-state index in [0.29, 0.717) is 6.61 Å². The largest absolute Gasteiger partial charge is 0.384 e. The summed E-state index contributed by atoms with van der Waals surface area (Å²) in [6.07, 6.45) is 2.43. The molecule has 0 N–H and O–H groups in total. The Kier molecular flexibility index (Phi) is 2.27. The monoisotopic (exact) mass is 127 g/mol. The second-order valence-corrected chi connectivity index (χ2v) is 1.72. The van der Waals surface area contributed by atoms with Gasteiger partial charge >= 0.3 is 0 Å². The average molecular weight is 127 g/mol. The van der Waals surface area contributed by atoms with Crippen molar-refractivity contribution in [3.8, 4) is 0 Å². The molecule has 0 atom stereocenters. The van der Waals surface area contributed by atoms with Crippen LogP contribution in [0.1, 0.15) is 5.76 Å². The molecule has 1 aromatic heterocycles. The van der Waals surface area contributed by atoms with Crippen LogP contribution in [0.3, 0.4) is 0 Å². The molecule has 0 aromatic carbocycles. The number of rotatable bonds is 3. The summed E-state index contributed by atoms with van der Waals surface area (Å²) < 4.78 is 9.63. The topological polar surface area (TPSA) is 35.3 Å². The summed E-state index contributed by atoms with van der Waals surface area (Å²) in [5, 5.41) is 3.54. The first-order valence-electron chi connectivity index (χ1n) is 2.82. The van der Waals surface area contributed by atoms with Gasteiger partial charge in [-0.1, -0.05) is 5.16 Å². The Morgan fingerprint density at radius 3 is 3.22 bits per heavy atom. The predicted molar refractivity (Wildman–Crippen MR) is 32.1 cm³/mol. The quantitative estimate of drug-likeness (QED) is 0.604. The standard InChI is InChI=1S/C6H9NO2/c1-8-5-3-6-2-4-7-9-6/h2,4H,3,5H2,1H3. The smallest absolute Gasteiger partial charge is 0.139 e. The molecule has 0 fully saturated rings. The highest BCUT2D eigenvalue weighted by Gasteiger charge is 1.93. The van der Waals surface area contributed by atoms with Crippen LogP contribution in [-0.2, 0) is 11.2 Å². The van der Waals surface area contributed by atoms with Crippen molar-refractivity contribution < 1.29 is 9.26 Å². The van der Waals surface area contributed by atoms with Crippen molar-refractivity contribution in [3.05, 3.63) is 18.0 Å². The zero-order valence-corrected chi connectivity index (χ0v) is 5.33. The fourth-order valence-corrected chi connectivity index (χ4v) is 0.574. The summed E-state index contributed by atoms with van der Waals surface area (Å²) in [5.74, 6) is 0.872. The molecule has 9 heavy (non-hydrogen) atoms. The van der Waals surface area contributed by atoms with Gasteiger partial charge in [0.2, 0.25) is 0 Å². The lowest BCUT2D eigenvalue weighted by Crippen LogP contribution is -1.91. The molecule has 0 spiro atoms. The van der Waals surface area contributed by atoms with Gasteiger partial charge in [-0.3, -0.25) is 0 Å². The number of nitrogens with zero attached hydrogens (tertiary/aromatic N) is 1. The third-order valence-corrected chi connectivity index (χ3v) is 1.04. The maximum atomic E-state index is 4.83. The maximum Gasteiger partial charge on any atom is 0.139 e. The lowest BCUT2D eigenvalue weighted by atomic mass is 10.3. The highest BCUT2D eigenvalue weighted by molar-refractivity contribution is 4.92. The molecular weight excluding hydrogens is 118 g/mol. The van der Waals surface area contributed by atoms with E-state index in [2.05, 4.69) is 5.16 Å².